The second kappa shape index (κ2) is 7.21. The van der Waals surface area contributed by atoms with Crippen molar-refractivity contribution in [2.75, 3.05) is 13.7 Å². The first-order chi connectivity index (χ1) is 11.7. The molecule has 2 aromatic rings. The highest BCUT2D eigenvalue weighted by molar-refractivity contribution is 5.89. The van der Waals surface area contributed by atoms with Gasteiger partial charge in [0.25, 0.3) is 0 Å². The predicted molar refractivity (Wildman–Crippen MR) is 87.1 cm³/mol. The maximum absolute atomic E-state index is 12.4. The summed E-state index contributed by atoms with van der Waals surface area (Å²) in [5.41, 5.74) is 0.908. The number of methoxy groups -OCH3 is 1. The molecule has 1 aromatic heterocycles. The van der Waals surface area contributed by atoms with Gasteiger partial charge in [-0.15, -0.1) is 0 Å². The largest absolute Gasteiger partial charge is 0.496 e. The number of hydrogen-bond donors (Lipinski definition) is 1. The predicted octanol–water partition coefficient (Wildman–Crippen LogP) is 1.95. The summed E-state index contributed by atoms with van der Waals surface area (Å²) in [6.07, 6.45) is 1.81. The number of rotatable bonds is 6. The second-order valence-corrected chi connectivity index (χ2v) is 5.78. The van der Waals surface area contributed by atoms with E-state index in [0.717, 1.165) is 17.1 Å². The van der Waals surface area contributed by atoms with Crippen molar-refractivity contribution in [2.24, 2.45) is 5.92 Å². The van der Waals surface area contributed by atoms with Gasteiger partial charge in [0, 0.05) is 25.1 Å². The molecule has 1 N–H and O–H groups in total. The summed E-state index contributed by atoms with van der Waals surface area (Å²) < 4.78 is 10.5. The number of furan rings is 1. The van der Waals surface area contributed by atoms with Gasteiger partial charge in [0.15, 0.2) is 0 Å². The number of carbonyl (C=O) groups is 2. The molecule has 1 atom stereocenters. The molecule has 3 rings (SSSR count). The quantitative estimate of drug-likeness (QED) is 0.880. The van der Waals surface area contributed by atoms with E-state index >= 15 is 0 Å². The van der Waals surface area contributed by atoms with E-state index in [1.165, 1.54) is 0 Å². The highest BCUT2D eigenvalue weighted by atomic mass is 16.5. The van der Waals surface area contributed by atoms with Crippen LogP contribution >= 0.6 is 0 Å². The number of benzene rings is 1. The molecule has 2 amide bonds. The van der Waals surface area contributed by atoms with Crippen molar-refractivity contribution in [1.82, 2.24) is 10.2 Å². The molecular formula is C18H20N2O4. The molecule has 0 bridgehead atoms. The van der Waals surface area contributed by atoms with Crippen LogP contribution in [0, 0.1) is 5.92 Å². The van der Waals surface area contributed by atoms with Gasteiger partial charge in [-0.1, -0.05) is 18.2 Å². The van der Waals surface area contributed by atoms with Crippen LogP contribution in [0.1, 0.15) is 17.7 Å². The summed E-state index contributed by atoms with van der Waals surface area (Å²) in [4.78, 5) is 26.1. The van der Waals surface area contributed by atoms with Crippen LogP contribution in [-0.4, -0.2) is 30.4 Å². The number of nitrogens with one attached hydrogen (secondary N) is 1. The molecule has 0 unspecified atom stereocenters. The van der Waals surface area contributed by atoms with Crippen molar-refractivity contribution in [3.05, 3.63) is 54.0 Å². The maximum atomic E-state index is 12.4. The van der Waals surface area contributed by atoms with E-state index < -0.39 is 0 Å². The molecule has 126 valence electrons. The Morgan fingerprint density at radius 2 is 2.17 bits per heavy atom. The van der Waals surface area contributed by atoms with E-state index in [0.29, 0.717) is 19.6 Å². The van der Waals surface area contributed by atoms with Gasteiger partial charge in [0.05, 0.1) is 25.8 Å². The summed E-state index contributed by atoms with van der Waals surface area (Å²) in [6, 6.07) is 11.1. The second-order valence-electron chi connectivity index (χ2n) is 5.78. The number of carbonyl (C=O) groups excluding carboxylic acids is 2. The van der Waals surface area contributed by atoms with E-state index in [9.17, 15) is 9.59 Å². The number of nitrogens with zero attached hydrogens (tertiary/aromatic N) is 1. The van der Waals surface area contributed by atoms with Gasteiger partial charge in [-0.25, -0.2) is 0 Å². The van der Waals surface area contributed by atoms with Crippen LogP contribution in [-0.2, 0) is 22.7 Å². The standard InChI is InChI=1S/C18H20N2O4/c1-23-16-7-3-2-5-13(16)10-19-18(22)14-9-17(21)20(11-14)12-15-6-4-8-24-15/h2-8,14H,9-12H2,1H3,(H,19,22)/t14-/m0/s1. The number of para-hydroxylation sites is 1. The van der Waals surface area contributed by atoms with E-state index in [1.807, 2.05) is 30.3 Å². The number of ether oxygens (including phenoxy) is 1. The Hall–Kier alpha value is -2.76. The molecule has 1 saturated heterocycles. The Kier molecular flexibility index (Phi) is 4.84. The summed E-state index contributed by atoms with van der Waals surface area (Å²) in [5, 5.41) is 2.89. The lowest BCUT2D eigenvalue weighted by Crippen LogP contribution is -2.32. The zero-order valence-electron chi connectivity index (χ0n) is 13.5. The Labute approximate surface area is 140 Å². The lowest BCUT2D eigenvalue weighted by atomic mass is 10.1. The minimum Gasteiger partial charge on any atom is -0.496 e. The zero-order chi connectivity index (χ0) is 16.9. The van der Waals surface area contributed by atoms with Crippen molar-refractivity contribution >= 4 is 11.8 Å². The third-order valence-corrected chi connectivity index (χ3v) is 4.16. The number of amides is 2. The molecule has 6 nitrogen and oxygen atoms in total. The molecule has 0 aliphatic carbocycles. The van der Waals surface area contributed by atoms with E-state index in [1.54, 1.807) is 24.3 Å². The summed E-state index contributed by atoms with van der Waals surface area (Å²) >= 11 is 0. The van der Waals surface area contributed by atoms with Crippen LogP contribution in [0.15, 0.2) is 47.1 Å². The normalized spacial score (nSPS) is 17.1. The molecule has 1 aliphatic heterocycles. The minimum absolute atomic E-state index is 0.0242. The molecule has 0 spiro atoms. The first-order valence-corrected chi connectivity index (χ1v) is 7.87. The minimum atomic E-state index is -0.331. The lowest BCUT2D eigenvalue weighted by molar-refractivity contribution is -0.129. The molecule has 0 saturated carbocycles. The van der Waals surface area contributed by atoms with Crippen LogP contribution < -0.4 is 10.1 Å². The van der Waals surface area contributed by atoms with Crippen molar-refractivity contribution in [1.29, 1.82) is 0 Å². The molecule has 24 heavy (non-hydrogen) atoms. The van der Waals surface area contributed by atoms with Crippen LogP contribution in [0.3, 0.4) is 0 Å². The third-order valence-electron chi connectivity index (χ3n) is 4.16. The first kappa shape index (κ1) is 16.1. The highest BCUT2D eigenvalue weighted by Gasteiger charge is 2.34. The van der Waals surface area contributed by atoms with E-state index in [4.69, 9.17) is 9.15 Å². The Balaban J connectivity index is 1.55. The van der Waals surface area contributed by atoms with Gasteiger partial charge in [0.1, 0.15) is 11.5 Å². The lowest BCUT2D eigenvalue weighted by Gasteiger charge is -2.15. The van der Waals surface area contributed by atoms with Gasteiger partial charge in [-0.2, -0.15) is 0 Å². The maximum Gasteiger partial charge on any atom is 0.225 e. The Morgan fingerprint density at radius 1 is 1.33 bits per heavy atom. The average Bonchev–Trinajstić information content (AvgIpc) is 3.23. The van der Waals surface area contributed by atoms with Crippen LogP contribution in [0.2, 0.25) is 0 Å². The number of hydrogen-bond acceptors (Lipinski definition) is 4. The molecular weight excluding hydrogens is 308 g/mol. The molecule has 6 heteroatoms. The fourth-order valence-corrected chi connectivity index (χ4v) is 2.87. The van der Waals surface area contributed by atoms with Crippen molar-refractivity contribution in [3.8, 4) is 5.75 Å². The SMILES string of the molecule is COc1ccccc1CNC(=O)[C@H]1CC(=O)N(Cc2ccco2)C1. The van der Waals surface area contributed by atoms with Gasteiger partial charge in [-0.3, -0.25) is 9.59 Å². The number of likely N-dealkylation sites (tertiary alicyclic amines) is 1. The van der Waals surface area contributed by atoms with E-state index in [-0.39, 0.29) is 24.2 Å². The average molecular weight is 328 g/mol. The van der Waals surface area contributed by atoms with Gasteiger partial charge >= 0.3 is 0 Å². The Bertz CT molecular complexity index is 712. The fourth-order valence-electron chi connectivity index (χ4n) is 2.87. The zero-order valence-corrected chi connectivity index (χ0v) is 13.5. The molecule has 1 aromatic carbocycles. The van der Waals surface area contributed by atoms with Crippen molar-refractivity contribution < 1.29 is 18.7 Å². The van der Waals surface area contributed by atoms with Crippen LogP contribution in [0.4, 0.5) is 0 Å². The summed E-state index contributed by atoms with van der Waals surface area (Å²) in [7, 11) is 1.60. The third kappa shape index (κ3) is 3.59. The van der Waals surface area contributed by atoms with Crippen LogP contribution in [0.5, 0.6) is 5.75 Å². The smallest absolute Gasteiger partial charge is 0.225 e. The monoisotopic (exact) mass is 328 g/mol. The van der Waals surface area contributed by atoms with Crippen molar-refractivity contribution in [3.63, 3.8) is 0 Å². The van der Waals surface area contributed by atoms with Gasteiger partial charge in [-0.05, 0) is 18.2 Å². The highest BCUT2D eigenvalue weighted by Crippen LogP contribution is 2.21. The Morgan fingerprint density at radius 3 is 2.92 bits per heavy atom. The topological polar surface area (TPSA) is 71.8 Å². The molecule has 0 radical (unpaired) electrons. The van der Waals surface area contributed by atoms with Gasteiger partial charge in [0.2, 0.25) is 11.8 Å². The van der Waals surface area contributed by atoms with Crippen molar-refractivity contribution in [2.45, 2.75) is 19.5 Å². The molecule has 1 aliphatic rings. The first-order valence-electron chi connectivity index (χ1n) is 7.87. The fraction of sp³-hybridized carbons (Fsp3) is 0.333. The summed E-state index contributed by atoms with van der Waals surface area (Å²) in [5.74, 6) is 0.986. The van der Waals surface area contributed by atoms with Gasteiger partial charge < -0.3 is 19.4 Å². The molecule has 1 fully saturated rings. The summed E-state index contributed by atoms with van der Waals surface area (Å²) in [6.45, 7) is 1.20. The van der Waals surface area contributed by atoms with E-state index in [2.05, 4.69) is 5.32 Å². The molecule has 2 heterocycles. The van der Waals surface area contributed by atoms with Crippen LogP contribution in [0.25, 0.3) is 0 Å².